The van der Waals surface area contributed by atoms with Crippen LogP contribution in [0.3, 0.4) is 0 Å². The van der Waals surface area contributed by atoms with Crippen molar-refractivity contribution >= 4 is 70.6 Å². The molecular weight excluding hydrogens is 333 g/mol. The van der Waals surface area contributed by atoms with Gasteiger partial charge < -0.3 is 0 Å². The van der Waals surface area contributed by atoms with Crippen molar-refractivity contribution in [3.05, 3.63) is 7.91 Å². The highest BCUT2D eigenvalue weighted by molar-refractivity contribution is 8.05. The van der Waals surface area contributed by atoms with Crippen molar-refractivity contribution in [1.29, 1.82) is 0 Å². The third-order valence-electron chi connectivity index (χ3n) is 1.58. The molecule has 92 valence electrons. The lowest BCUT2D eigenvalue weighted by molar-refractivity contribution is 0.991. The summed E-state index contributed by atoms with van der Waals surface area (Å²) in [6, 6.07) is 0. The van der Waals surface area contributed by atoms with Crippen molar-refractivity contribution in [2.75, 3.05) is 5.75 Å². The molecule has 0 radical (unpaired) electrons. The molecule has 4 nitrogen and oxygen atoms in total. The highest BCUT2D eigenvalue weighted by atomic mass is 32.2. The van der Waals surface area contributed by atoms with Crippen LogP contribution in [-0.2, 0) is 0 Å². The molecule has 0 aromatic carbocycles. The molecule has 0 spiro atoms. The summed E-state index contributed by atoms with van der Waals surface area (Å²) in [6.07, 6.45) is 0. The van der Waals surface area contributed by atoms with Crippen LogP contribution in [0.1, 0.15) is 6.92 Å². The molecule has 0 aliphatic carbocycles. The number of thioether (sulfide) groups is 2. The molecule has 0 amide bonds. The number of nitrogens with zero attached hydrogens (tertiary/aromatic N) is 2. The number of aromatic amines is 2. The molecule has 1 atom stereocenters. The van der Waals surface area contributed by atoms with Crippen molar-refractivity contribution < 1.29 is 0 Å². The first-order valence-electron chi connectivity index (χ1n) is 4.54. The van der Waals surface area contributed by atoms with Crippen LogP contribution in [0.5, 0.6) is 0 Å². The molecule has 0 aliphatic rings. The molecule has 2 heterocycles. The van der Waals surface area contributed by atoms with Crippen LogP contribution in [0.4, 0.5) is 0 Å². The van der Waals surface area contributed by atoms with E-state index in [1.807, 2.05) is 0 Å². The van der Waals surface area contributed by atoms with E-state index in [1.54, 1.807) is 23.5 Å². The molecular formula is C7H8N4S6. The highest BCUT2D eigenvalue weighted by Crippen LogP contribution is 2.29. The van der Waals surface area contributed by atoms with Gasteiger partial charge in [0.1, 0.15) is 0 Å². The monoisotopic (exact) mass is 340 g/mol. The summed E-state index contributed by atoms with van der Waals surface area (Å²) in [5.41, 5.74) is 0. The highest BCUT2D eigenvalue weighted by Gasteiger charge is 2.09. The fourth-order valence-electron chi connectivity index (χ4n) is 0.939. The van der Waals surface area contributed by atoms with E-state index in [1.165, 1.54) is 22.7 Å². The van der Waals surface area contributed by atoms with Gasteiger partial charge in [0.15, 0.2) is 16.6 Å². The largest absolute Gasteiger partial charge is 0.257 e. The molecule has 2 N–H and O–H groups in total. The van der Waals surface area contributed by atoms with Gasteiger partial charge in [-0.1, -0.05) is 53.1 Å². The number of rotatable bonds is 5. The van der Waals surface area contributed by atoms with Crippen molar-refractivity contribution in [2.24, 2.45) is 0 Å². The molecule has 0 aliphatic heterocycles. The predicted molar refractivity (Wildman–Crippen MR) is 80.6 cm³/mol. The molecule has 1 unspecified atom stereocenters. The van der Waals surface area contributed by atoms with Crippen LogP contribution in [0.2, 0.25) is 0 Å². The molecule has 2 aromatic rings. The van der Waals surface area contributed by atoms with E-state index in [-0.39, 0.29) is 0 Å². The van der Waals surface area contributed by atoms with Crippen LogP contribution in [0.15, 0.2) is 8.68 Å². The standard InChI is InChI=1S/C7H8N4S6/c1-3(15-7-11-9-5(13)17-7)2-14-6-10-8-4(12)16-6/h3H,2H2,1H3,(H,8,12)(H,9,13). The Balaban J connectivity index is 1.83. The Morgan fingerprint density at radius 2 is 1.76 bits per heavy atom. The van der Waals surface area contributed by atoms with Gasteiger partial charge >= 0.3 is 0 Å². The molecule has 0 saturated carbocycles. The van der Waals surface area contributed by atoms with Gasteiger partial charge in [-0.05, 0) is 24.4 Å². The molecule has 0 bridgehead atoms. The van der Waals surface area contributed by atoms with Gasteiger partial charge in [0.05, 0.1) is 0 Å². The number of hydrogen-bond acceptors (Lipinski definition) is 8. The summed E-state index contributed by atoms with van der Waals surface area (Å²) in [5, 5.41) is 14.2. The van der Waals surface area contributed by atoms with Crippen LogP contribution in [-0.4, -0.2) is 31.4 Å². The van der Waals surface area contributed by atoms with Crippen molar-refractivity contribution in [2.45, 2.75) is 20.9 Å². The summed E-state index contributed by atoms with van der Waals surface area (Å²) in [6.45, 7) is 2.16. The van der Waals surface area contributed by atoms with E-state index in [4.69, 9.17) is 24.4 Å². The van der Waals surface area contributed by atoms with Crippen LogP contribution >= 0.6 is 70.6 Å². The molecule has 17 heavy (non-hydrogen) atoms. The van der Waals surface area contributed by atoms with Crippen LogP contribution < -0.4 is 0 Å². The number of hydrogen-bond donors (Lipinski definition) is 2. The van der Waals surface area contributed by atoms with Crippen molar-refractivity contribution in [3.63, 3.8) is 0 Å². The SMILES string of the molecule is CC(CSc1n[nH]c(=S)s1)Sc1n[nH]c(=S)s1. The fourth-order valence-corrected chi connectivity index (χ4v) is 5.53. The van der Waals surface area contributed by atoms with Gasteiger partial charge in [-0.3, -0.25) is 10.2 Å². The van der Waals surface area contributed by atoms with E-state index in [2.05, 4.69) is 27.3 Å². The van der Waals surface area contributed by atoms with E-state index < -0.39 is 0 Å². The third-order valence-corrected chi connectivity index (χ3v) is 6.57. The molecule has 2 aromatic heterocycles. The second-order valence-corrected chi connectivity index (χ2v) is 9.28. The lowest BCUT2D eigenvalue weighted by atomic mass is 10.6. The van der Waals surface area contributed by atoms with E-state index in [0.717, 1.165) is 22.3 Å². The van der Waals surface area contributed by atoms with E-state index >= 15 is 0 Å². The zero-order valence-electron chi connectivity index (χ0n) is 8.63. The first-order chi connectivity index (χ1) is 8.13. The van der Waals surface area contributed by atoms with Crippen LogP contribution in [0.25, 0.3) is 0 Å². The fraction of sp³-hybridized carbons (Fsp3) is 0.429. The average Bonchev–Trinajstić information content (AvgIpc) is 2.85. The Hall–Kier alpha value is 0.260. The summed E-state index contributed by atoms with van der Waals surface area (Å²) in [5.74, 6) is 0.965. The molecule has 10 heteroatoms. The van der Waals surface area contributed by atoms with Crippen LogP contribution in [0, 0.1) is 7.91 Å². The maximum Gasteiger partial charge on any atom is 0.177 e. The second kappa shape index (κ2) is 6.43. The first-order valence-corrected chi connectivity index (χ1v) is 8.85. The second-order valence-electron chi connectivity index (χ2n) is 3.00. The van der Waals surface area contributed by atoms with Gasteiger partial charge in [-0.2, -0.15) is 10.2 Å². The summed E-state index contributed by atoms with van der Waals surface area (Å²) in [7, 11) is 0. The normalized spacial score (nSPS) is 12.8. The van der Waals surface area contributed by atoms with Gasteiger partial charge in [0, 0.05) is 11.0 Å². The molecule has 2 rings (SSSR count). The number of nitrogens with one attached hydrogen (secondary N) is 2. The third kappa shape index (κ3) is 4.45. The lowest BCUT2D eigenvalue weighted by Crippen LogP contribution is -1.99. The quantitative estimate of drug-likeness (QED) is 0.634. The topological polar surface area (TPSA) is 57.4 Å². The zero-order valence-corrected chi connectivity index (χ0v) is 13.5. The number of H-pyrrole nitrogens is 2. The minimum Gasteiger partial charge on any atom is -0.257 e. The smallest absolute Gasteiger partial charge is 0.177 e. The Morgan fingerprint density at radius 3 is 2.29 bits per heavy atom. The maximum absolute atomic E-state index is 4.99. The lowest BCUT2D eigenvalue weighted by Gasteiger charge is -2.05. The summed E-state index contributed by atoms with van der Waals surface area (Å²) in [4.78, 5) is 0. The minimum absolute atomic E-state index is 0.450. The minimum atomic E-state index is 0.450. The Morgan fingerprint density at radius 1 is 1.18 bits per heavy atom. The van der Waals surface area contributed by atoms with Gasteiger partial charge in [0.2, 0.25) is 0 Å². The maximum atomic E-state index is 4.99. The Kier molecular flexibility index (Phi) is 5.18. The average molecular weight is 341 g/mol. The van der Waals surface area contributed by atoms with E-state index in [0.29, 0.717) is 5.25 Å². The molecule has 0 fully saturated rings. The van der Waals surface area contributed by atoms with E-state index in [9.17, 15) is 0 Å². The Labute approximate surface area is 125 Å². The van der Waals surface area contributed by atoms with Gasteiger partial charge in [-0.25, -0.2) is 0 Å². The van der Waals surface area contributed by atoms with Gasteiger partial charge in [-0.15, -0.1) is 0 Å². The summed E-state index contributed by atoms with van der Waals surface area (Å²) < 4.78 is 3.41. The number of aromatic nitrogens is 4. The Bertz CT molecular complexity index is 579. The zero-order chi connectivity index (χ0) is 12.3. The summed E-state index contributed by atoms with van der Waals surface area (Å²) >= 11 is 16.4. The molecule has 0 saturated heterocycles. The first kappa shape index (κ1) is 13.7. The van der Waals surface area contributed by atoms with Gasteiger partial charge in [0.25, 0.3) is 0 Å². The van der Waals surface area contributed by atoms with Crippen molar-refractivity contribution in [3.8, 4) is 0 Å². The predicted octanol–water partition coefficient (Wildman–Crippen LogP) is 3.99. The van der Waals surface area contributed by atoms with Crippen molar-refractivity contribution in [1.82, 2.24) is 20.4 Å².